The van der Waals surface area contributed by atoms with Crippen molar-refractivity contribution in [3.05, 3.63) is 29.3 Å². The number of ether oxygens (including phenoxy) is 1. The van der Waals surface area contributed by atoms with Crippen LogP contribution in [-0.4, -0.2) is 47.2 Å². The first-order valence-corrected chi connectivity index (χ1v) is 16.1. The van der Waals surface area contributed by atoms with Gasteiger partial charge in [-0.05, 0) is 31.1 Å². The summed E-state index contributed by atoms with van der Waals surface area (Å²) in [4.78, 5) is 15.1. The van der Waals surface area contributed by atoms with Gasteiger partial charge in [-0.1, -0.05) is 45.3 Å². The third kappa shape index (κ3) is 4.51. The summed E-state index contributed by atoms with van der Waals surface area (Å²) < 4.78 is 5.73. The number of benzene rings is 1. The molecule has 3 nitrogen and oxygen atoms in total. The SMILES string of the molecule is CCN(CC)C(=O)c1cccc(OC)c1C([Si](C)(C)C)[Si](C)(C)C. The zero-order valence-electron chi connectivity index (χ0n) is 17.0. The van der Waals surface area contributed by atoms with Crippen LogP contribution < -0.4 is 4.74 Å². The van der Waals surface area contributed by atoms with E-state index < -0.39 is 16.1 Å². The quantitative estimate of drug-likeness (QED) is 0.635. The highest BCUT2D eigenvalue weighted by molar-refractivity contribution is 6.96. The second kappa shape index (κ2) is 7.87. The molecule has 24 heavy (non-hydrogen) atoms. The average molecular weight is 366 g/mol. The zero-order valence-corrected chi connectivity index (χ0v) is 19.0. The molecule has 0 aliphatic carbocycles. The van der Waals surface area contributed by atoms with Gasteiger partial charge in [-0.2, -0.15) is 0 Å². The number of rotatable bonds is 7. The molecule has 1 aromatic rings. The van der Waals surface area contributed by atoms with Crippen molar-refractivity contribution in [2.45, 2.75) is 58.3 Å². The maximum Gasteiger partial charge on any atom is 0.254 e. The smallest absolute Gasteiger partial charge is 0.254 e. The average Bonchev–Trinajstić information content (AvgIpc) is 2.45. The van der Waals surface area contributed by atoms with E-state index in [0.29, 0.717) is 5.16 Å². The molecule has 1 rings (SSSR count). The van der Waals surface area contributed by atoms with Gasteiger partial charge in [0.05, 0.1) is 7.11 Å². The Bertz CT molecular complexity index is 556. The van der Waals surface area contributed by atoms with Gasteiger partial charge < -0.3 is 9.64 Å². The highest BCUT2D eigenvalue weighted by Gasteiger charge is 2.42. The van der Waals surface area contributed by atoms with Crippen molar-refractivity contribution in [1.82, 2.24) is 4.90 Å². The molecule has 0 radical (unpaired) electrons. The van der Waals surface area contributed by atoms with E-state index in [1.807, 2.05) is 36.9 Å². The summed E-state index contributed by atoms with van der Waals surface area (Å²) in [6.45, 7) is 20.0. The lowest BCUT2D eigenvalue weighted by molar-refractivity contribution is 0.0771. The summed E-state index contributed by atoms with van der Waals surface area (Å²) in [6, 6.07) is 5.96. The van der Waals surface area contributed by atoms with Crippen LogP contribution in [0.2, 0.25) is 39.3 Å². The summed E-state index contributed by atoms with van der Waals surface area (Å²) in [6.07, 6.45) is 0. The van der Waals surface area contributed by atoms with Crippen LogP contribution in [-0.2, 0) is 0 Å². The van der Waals surface area contributed by atoms with Gasteiger partial charge in [0.15, 0.2) is 0 Å². The van der Waals surface area contributed by atoms with Crippen LogP contribution in [0.25, 0.3) is 0 Å². The number of hydrogen-bond donors (Lipinski definition) is 0. The van der Waals surface area contributed by atoms with Crippen LogP contribution in [0, 0.1) is 0 Å². The van der Waals surface area contributed by atoms with E-state index in [-0.39, 0.29) is 5.91 Å². The Kier molecular flexibility index (Phi) is 6.88. The monoisotopic (exact) mass is 365 g/mol. The number of nitrogens with zero attached hydrogens (tertiary/aromatic N) is 1. The molecule has 0 aromatic heterocycles. The standard InChI is InChI=1S/C19H35NO2Si2/c1-10-20(11-2)18(21)15-13-12-14-16(22-3)17(15)19(23(4,5)6)24(7,8)9/h12-14,19H,10-11H2,1-9H3. The Morgan fingerprint density at radius 2 is 1.54 bits per heavy atom. The summed E-state index contributed by atoms with van der Waals surface area (Å²) in [5.74, 6) is 1.01. The van der Waals surface area contributed by atoms with Crippen molar-refractivity contribution in [2.24, 2.45) is 0 Å². The molecule has 0 unspecified atom stereocenters. The van der Waals surface area contributed by atoms with Crippen LogP contribution in [0.5, 0.6) is 5.75 Å². The summed E-state index contributed by atoms with van der Waals surface area (Å²) in [5, 5.41) is 0.468. The molecule has 0 saturated carbocycles. The van der Waals surface area contributed by atoms with Crippen LogP contribution >= 0.6 is 0 Å². The normalized spacial score (nSPS) is 12.4. The lowest BCUT2D eigenvalue weighted by Gasteiger charge is -2.40. The molecule has 0 N–H and O–H groups in total. The molecule has 0 aliphatic heterocycles. The summed E-state index contributed by atoms with van der Waals surface area (Å²) in [7, 11) is -1.35. The number of hydrogen-bond acceptors (Lipinski definition) is 2. The minimum absolute atomic E-state index is 0.135. The molecule has 0 fully saturated rings. The highest BCUT2D eigenvalue weighted by Crippen LogP contribution is 2.42. The third-order valence-electron chi connectivity index (χ3n) is 4.59. The van der Waals surface area contributed by atoms with Gasteiger partial charge >= 0.3 is 0 Å². The first-order valence-electron chi connectivity index (χ1n) is 8.95. The molecular formula is C19H35NO2Si2. The van der Waals surface area contributed by atoms with Gasteiger partial charge in [-0.3, -0.25) is 4.79 Å². The largest absolute Gasteiger partial charge is 0.496 e. The predicted octanol–water partition coefficient (Wildman–Crippen LogP) is 5.02. The van der Waals surface area contributed by atoms with Crippen molar-refractivity contribution < 1.29 is 9.53 Å². The topological polar surface area (TPSA) is 29.5 Å². The van der Waals surface area contributed by atoms with Crippen molar-refractivity contribution in [1.29, 1.82) is 0 Å². The maximum absolute atomic E-state index is 13.2. The molecule has 0 saturated heterocycles. The van der Waals surface area contributed by atoms with Gasteiger partial charge in [-0.15, -0.1) is 0 Å². The van der Waals surface area contributed by atoms with Crippen molar-refractivity contribution >= 4 is 22.1 Å². The summed E-state index contributed by atoms with van der Waals surface area (Å²) >= 11 is 0. The number of amides is 1. The lowest BCUT2D eigenvalue weighted by Crippen LogP contribution is -2.47. The molecule has 0 aliphatic rings. The molecule has 0 bridgehead atoms. The molecular weight excluding hydrogens is 330 g/mol. The minimum atomic E-state index is -1.53. The molecule has 1 amide bonds. The molecule has 136 valence electrons. The zero-order chi connectivity index (χ0) is 18.7. The third-order valence-corrected chi connectivity index (χ3v) is 13.8. The van der Waals surface area contributed by atoms with E-state index in [9.17, 15) is 4.79 Å². The van der Waals surface area contributed by atoms with Crippen LogP contribution in [0.1, 0.15) is 34.9 Å². The van der Waals surface area contributed by atoms with E-state index in [0.717, 1.165) is 30.0 Å². The first-order chi connectivity index (χ1) is 11.0. The van der Waals surface area contributed by atoms with Crippen LogP contribution in [0.4, 0.5) is 0 Å². The second-order valence-electron chi connectivity index (χ2n) is 8.56. The van der Waals surface area contributed by atoms with Gasteiger partial charge in [-0.25, -0.2) is 0 Å². The lowest BCUT2D eigenvalue weighted by atomic mass is 10.1. The Hall–Kier alpha value is -1.08. The molecule has 0 heterocycles. The Morgan fingerprint density at radius 1 is 1.04 bits per heavy atom. The van der Waals surface area contributed by atoms with Gasteiger partial charge in [0.25, 0.3) is 5.91 Å². The van der Waals surface area contributed by atoms with Gasteiger partial charge in [0.2, 0.25) is 0 Å². The van der Waals surface area contributed by atoms with E-state index in [4.69, 9.17) is 4.74 Å². The second-order valence-corrected chi connectivity index (χ2v) is 19.8. The Balaban J connectivity index is 3.68. The number of carbonyl (C=O) groups excluding carboxylic acids is 1. The Morgan fingerprint density at radius 3 is 1.92 bits per heavy atom. The van der Waals surface area contributed by atoms with E-state index in [2.05, 4.69) is 39.3 Å². The van der Waals surface area contributed by atoms with Crippen LogP contribution in [0.15, 0.2) is 18.2 Å². The van der Waals surface area contributed by atoms with Crippen molar-refractivity contribution in [3.8, 4) is 5.75 Å². The summed E-state index contributed by atoms with van der Waals surface area (Å²) in [5.41, 5.74) is 2.00. The minimum Gasteiger partial charge on any atom is -0.496 e. The predicted molar refractivity (Wildman–Crippen MR) is 110 cm³/mol. The molecule has 0 spiro atoms. The van der Waals surface area contributed by atoms with Gasteiger partial charge in [0.1, 0.15) is 5.75 Å². The van der Waals surface area contributed by atoms with E-state index >= 15 is 0 Å². The van der Waals surface area contributed by atoms with Crippen molar-refractivity contribution in [3.63, 3.8) is 0 Å². The molecule has 0 atom stereocenters. The number of carbonyl (C=O) groups is 1. The first kappa shape index (κ1) is 21.0. The molecule has 1 aromatic carbocycles. The Labute approximate surface area is 150 Å². The van der Waals surface area contributed by atoms with Crippen LogP contribution in [0.3, 0.4) is 0 Å². The highest BCUT2D eigenvalue weighted by atomic mass is 28.4. The van der Waals surface area contributed by atoms with E-state index in [1.54, 1.807) is 7.11 Å². The fourth-order valence-electron chi connectivity index (χ4n) is 4.05. The fraction of sp³-hybridized carbons (Fsp3) is 0.632. The fourth-order valence-corrected chi connectivity index (χ4v) is 16.8. The van der Waals surface area contributed by atoms with E-state index in [1.165, 1.54) is 0 Å². The molecule has 5 heteroatoms. The van der Waals surface area contributed by atoms with Gasteiger partial charge in [0, 0.05) is 40.4 Å². The maximum atomic E-state index is 13.2. The number of methoxy groups -OCH3 is 1. The van der Waals surface area contributed by atoms with Crippen molar-refractivity contribution in [2.75, 3.05) is 20.2 Å².